The quantitative estimate of drug-likeness (QED) is 0.801. The van der Waals surface area contributed by atoms with E-state index in [0.29, 0.717) is 6.04 Å². The number of nitrogens with one attached hydrogen (secondary N) is 1. The van der Waals surface area contributed by atoms with Crippen LogP contribution in [0.1, 0.15) is 31.9 Å². The Bertz CT molecular complexity index is 519. The molecule has 0 saturated heterocycles. The Labute approximate surface area is 124 Å². The van der Waals surface area contributed by atoms with Gasteiger partial charge in [0.1, 0.15) is 0 Å². The molecule has 0 aliphatic heterocycles. The third kappa shape index (κ3) is 3.68. The van der Waals surface area contributed by atoms with Crippen molar-refractivity contribution in [3.8, 4) is 11.1 Å². The second-order valence-electron chi connectivity index (χ2n) is 4.65. The average Bonchev–Trinajstić information content (AvgIpc) is 2.45. The molecule has 0 spiro atoms. The summed E-state index contributed by atoms with van der Waals surface area (Å²) in [5.74, 6) is 0. The lowest BCUT2D eigenvalue weighted by molar-refractivity contribution is 0.537. The van der Waals surface area contributed by atoms with Gasteiger partial charge in [0.05, 0.1) is 0 Å². The molecule has 1 nitrogen and oxygen atoms in total. The van der Waals surface area contributed by atoms with Crippen LogP contribution < -0.4 is 5.32 Å². The Morgan fingerprint density at radius 3 is 2.32 bits per heavy atom. The molecule has 2 rings (SSSR count). The zero-order valence-electron chi connectivity index (χ0n) is 11.5. The monoisotopic (exact) mass is 317 g/mol. The van der Waals surface area contributed by atoms with E-state index in [1.54, 1.807) is 0 Å². The zero-order valence-corrected chi connectivity index (χ0v) is 13.1. The summed E-state index contributed by atoms with van der Waals surface area (Å²) in [5.41, 5.74) is 3.87. The van der Waals surface area contributed by atoms with E-state index in [0.717, 1.165) is 17.4 Å². The Hall–Kier alpha value is -1.12. The summed E-state index contributed by atoms with van der Waals surface area (Å²) in [6, 6.07) is 17.7. The lowest BCUT2D eigenvalue weighted by Crippen LogP contribution is -2.19. The van der Waals surface area contributed by atoms with Gasteiger partial charge in [-0.25, -0.2) is 0 Å². The van der Waals surface area contributed by atoms with Gasteiger partial charge < -0.3 is 5.32 Å². The predicted molar refractivity (Wildman–Crippen MR) is 86.3 cm³/mol. The lowest BCUT2D eigenvalue weighted by Gasteiger charge is -2.16. The maximum Gasteiger partial charge on any atom is 0.0317 e. The molecule has 0 fully saturated rings. The van der Waals surface area contributed by atoms with Crippen molar-refractivity contribution < 1.29 is 0 Å². The summed E-state index contributed by atoms with van der Waals surface area (Å²) in [6.07, 6.45) is 1.12. The summed E-state index contributed by atoms with van der Waals surface area (Å²) >= 11 is 3.52. The molecule has 0 radical (unpaired) electrons. The van der Waals surface area contributed by atoms with Crippen LogP contribution in [0.4, 0.5) is 0 Å². The van der Waals surface area contributed by atoms with E-state index >= 15 is 0 Å². The van der Waals surface area contributed by atoms with Gasteiger partial charge in [-0.1, -0.05) is 66.2 Å². The van der Waals surface area contributed by atoms with Gasteiger partial charge in [0, 0.05) is 10.5 Å². The highest BCUT2D eigenvalue weighted by atomic mass is 79.9. The highest BCUT2D eigenvalue weighted by Crippen LogP contribution is 2.25. The van der Waals surface area contributed by atoms with Gasteiger partial charge in [-0.05, 0) is 41.8 Å². The van der Waals surface area contributed by atoms with Crippen molar-refractivity contribution in [2.45, 2.75) is 26.3 Å². The fraction of sp³-hybridized carbons (Fsp3) is 0.294. The Morgan fingerprint density at radius 2 is 1.74 bits per heavy atom. The number of benzene rings is 2. The molecular formula is C17H20BrN. The molecule has 0 aliphatic carbocycles. The number of rotatable bonds is 5. The molecule has 2 aromatic carbocycles. The maximum atomic E-state index is 3.52. The SMILES string of the molecule is CCNC(CC)c1ccc(-c2cccc(Br)c2)cc1. The van der Waals surface area contributed by atoms with E-state index in [9.17, 15) is 0 Å². The first-order chi connectivity index (χ1) is 9.24. The van der Waals surface area contributed by atoms with Crippen molar-refractivity contribution >= 4 is 15.9 Å². The molecule has 0 bridgehead atoms. The second kappa shape index (κ2) is 6.88. The number of hydrogen-bond acceptors (Lipinski definition) is 1. The molecule has 19 heavy (non-hydrogen) atoms. The normalized spacial score (nSPS) is 12.4. The van der Waals surface area contributed by atoms with Crippen LogP contribution in [0.25, 0.3) is 11.1 Å². The molecule has 0 saturated carbocycles. The van der Waals surface area contributed by atoms with Crippen molar-refractivity contribution in [3.05, 3.63) is 58.6 Å². The predicted octanol–water partition coefficient (Wildman–Crippen LogP) is 5.18. The van der Waals surface area contributed by atoms with Crippen molar-refractivity contribution in [1.82, 2.24) is 5.32 Å². The van der Waals surface area contributed by atoms with Gasteiger partial charge >= 0.3 is 0 Å². The summed E-state index contributed by atoms with van der Waals surface area (Å²) in [4.78, 5) is 0. The largest absolute Gasteiger partial charge is 0.310 e. The topological polar surface area (TPSA) is 12.0 Å². The standard InChI is InChI=1S/C17H20BrN/c1-3-17(19-4-2)14-10-8-13(9-11-14)15-6-5-7-16(18)12-15/h5-12,17,19H,3-4H2,1-2H3. The summed E-state index contributed by atoms with van der Waals surface area (Å²) in [6.45, 7) is 5.37. The van der Waals surface area contributed by atoms with Crippen LogP contribution in [-0.2, 0) is 0 Å². The molecule has 2 heteroatoms. The van der Waals surface area contributed by atoms with E-state index < -0.39 is 0 Å². The lowest BCUT2D eigenvalue weighted by atomic mass is 9.99. The van der Waals surface area contributed by atoms with Crippen LogP contribution in [0.2, 0.25) is 0 Å². The molecule has 100 valence electrons. The number of halogens is 1. The van der Waals surface area contributed by atoms with Crippen molar-refractivity contribution in [2.75, 3.05) is 6.54 Å². The van der Waals surface area contributed by atoms with Crippen LogP contribution in [0.3, 0.4) is 0 Å². The Balaban J connectivity index is 2.23. The summed E-state index contributed by atoms with van der Waals surface area (Å²) in [7, 11) is 0. The van der Waals surface area contributed by atoms with Crippen molar-refractivity contribution in [1.29, 1.82) is 0 Å². The first-order valence-electron chi connectivity index (χ1n) is 6.84. The van der Waals surface area contributed by atoms with Crippen LogP contribution in [-0.4, -0.2) is 6.54 Å². The third-order valence-electron chi connectivity index (χ3n) is 3.33. The van der Waals surface area contributed by atoms with Gasteiger partial charge in [0.15, 0.2) is 0 Å². The van der Waals surface area contributed by atoms with E-state index in [4.69, 9.17) is 0 Å². The Morgan fingerprint density at radius 1 is 1.00 bits per heavy atom. The Kier molecular flexibility index (Phi) is 5.17. The van der Waals surface area contributed by atoms with Crippen LogP contribution >= 0.6 is 15.9 Å². The molecule has 0 aliphatic rings. The first kappa shape index (κ1) is 14.3. The third-order valence-corrected chi connectivity index (χ3v) is 3.82. The highest BCUT2D eigenvalue weighted by Gasteiger charge is 2.07. The van der Waals surface area contributed by atoms with E-state index in [-0.39, 0.29) is 0 Å². The smallest absolute Gasteiger partial charge is 0.0317 e. The van der Waals surface area contributed by atoms with Gasteiger partial charge in [0.2, 0.25) is 0 Å². The van der Waals surface area contributed by atoms with Crippen molar-refractivity contribution in [2.24, 2.45) is 0 Å². The van der Waals surface area contributed by atoms with E-state index in [1.165, 1.54) is 16.7 Å². The van der Waals surface area contributed by atoms with Gasteiger partial charge in [-0.3, -0.25) is 0 Å². The minimum Gasteiger partial charge on any atom is -0.310 e. The molecule has 1 atom stereocenters. The zero-order chi connectivity index (χ0) is 13.7. The first-order valence-corrected chi connectivity index (χ1v) is 7.63. The average molecular weight is 318 g/mol. The molecule has 1 unspecified atom stereocenters. The molecule has 0 heterocycles. The molecular weight excluding hydrogens is 298 g/mol. The van der Waals surface area contributed by atoms with Gasteiger partial charge in [0.25, 0.3) is 0 Å². The second-order valence-corrected chi connectivity index (χ2v) is 5.57. The fourth-order valence-electron chi connectivity index (χ4n) is 2.32. The van der Waals surface area contributed by atoms with Crippen LogP contribution in [0.15, 0.2) is 53.0 Å². The summed E-state index contributed by atoms with van der Waals surface area (Å²) in [5, 5.41) is 3.51. The maximum absolute atomic E-state index is 3.52. The number of hydrogen-bond donors (Lipinski definition) is 1. The molecule has 2 aromatic rings. The van der Waals surface area contributed by atoms with E-state index in [2.05, 4.69) is 83.6 Å². The van der Waals surface area contributed by atoms with Gasteiger partial charge in [-0.2, -0.15) is 0 Å². The van der Waals surface area contributed by atoms with Gasteiger partial charge in [-0.15, -0.1) is 0 Å². The summed E-state index contributed by atoms with van der Waals surface area (Å²) < 4.78 is 1.12. The molecule has 1 N–H and O–H groups in total. The highest BCUT2D eigenvalue weighted by molar-refractivity contribution is 9.10. The molecule has 0 aromatic heterocycles. The van der Waals surface area contributed by atoms with Crippen molar-refractivity contribution in [3.63, 3.8) is 0 Å². The fourth-order valence-corrected chi connectivity index (χ4v) is 2.72. The van der Waals surface area contributed by atoms with E-state index in [1.807, 2.05) is 0 Å². The van der Waals surface area contributed by atoms with Crippen LogP contribution in [0.5, 0.6) is 0 Å². The van der Waals surface area contributed by atoms with Crippen LogP contribution in [0, 0.1) is 0 Å². The molecule has 0 amide bonds. The minimum atomic E-state index is 0.460. The minimum absolute atomic E-state index is 0.460.